The number of carbonyl (C=O) groups is 2. The maximum Gasteiger partial charge on any atom is 0.337 e. The highest BCUT2D eigenvalue weighted by Gasteiger charge is 2.47. The number of hydrogen-bond acceptors (Lipinski definition) is 3. The fourth-order valence-electron chi connectivity index (χ4n) is 2.37. The van der Waals surface area contributed by atoms with Crippen molar-refractivity contribution >= 4 is 23.5 Å². The van der Waals surface area contributed by atoms with Crippen LogP contribution >= 0.6 is 11.6 Å². The van der Waals surface area contributed by atoms with Gasteiger partial charge >= 0.3 is 5.97 Å². The number of nitrogens with zero attached hydrogens (tertiary/aromatic N) is 1. The van der Waals surface area contributed by atoms with Crippen molar-refractivity contribution in [3.05, 3.63) is 34.3 Å². The van der Waals surface area contributed by atoms with Crippen molar-refractivity contribution in [2.75, 3.05) is 20.2 Å². The number of aliphatic carboxylic acids is 1. The van der Waals surface area contributed by atoms with Crippen molar-refractivity contribution in [2.45, 2.75) is 18.9 Å². The number of halogens is 1. The Balaban J connectivity index is 2.24. The average Bonchev–Trinajstić information content (AvgIpc) is 2.87. The molecule has 0 spiro atoms. The van der Waals surface area contributed by atoms with Gasteiger partial charge in [-0.2, -0.15) is 0 Å². The predicted octanol–water partition coefficient (Wildman–Crippen LogP) is 1.96. The molecule has 0 aliphatic carbocycles. The van der Waals surface area contributed by atoms with Crippen molar-refractivity contribution in [3.63, 3.8) is 0 Å². The highest BCUT2D eigenvalue weighted by molar-refractivity contribution is 6.34. The van der Waals surface area contributed by atoms with E-state index in [1.54, 1.807) is 12.1 Å². The number of carboxylic acid groups (broad SMARTS) is 1. The standard InChI is InChI=1S/C14H16ClNO4/c1-9-4-3-5-10(11(9)15)12(17)16-7-6-14(8-16,20-2)13(18)19/h3-5H,6-8H2,1-2H3,(H,18,19). The zero-order valence-corrected chi connectivity index (χ0v) is 12.1. The van der Waals surface area contributed by atoms with Crippen molar-refractivity contribution in [3.8, 4) is 0 Å². The van der Waals surface area contributed by atoms with Gasteiger partial charge in [-0.05, 0) is 18.6 Å². The number of carboxylic acids is 1. The van der Waals surface area contributed by atoms with Crippen LogP contribution in [-0.2, 0) is 9.53 Å². The molecular weight excluding hydrogens is 282 g/mol. The molecule has 1 amide bonds. The molecular formula is C14H16ClNO4. The van der Waals surface area contributed by atoms with E-state index in [0.29, 0.717) is 17.1 Å². The Hall–Kier alpha value is -1.59. The smallest absolute Gasteiger partial charge is 0.337 e. The van der Waals surface area contributed by atoms with Gasteiger partial charge in [0.25, 0.3) is 5.91 Å². The van der Waals surface area contributed by atoms with E-state index in [0.717, 1.165) is 5.56 Å². The third-order valence-corrected chi connectivity index (χ3v) is 4.22. The summed E-state index contributed by atoms with van der Waals surface area (Å²) in [7, 11) is 1.35. The number of benzene rings is 1. The molecule has 1 atom stereocenters. The summed E-state index contributed by atoms with van der Waals surface area (Å²) in [6.07, 6.45) is 0.272. The lowest BCUT2D eigenvalue weighted by molar-refractivity contribution is -0.160. The average molecular weight is 298 g/mol. The molecule has 1 unspecified atom stereocenters. The van der Waals surface area contributed by atoms with Crippen LogP contribution in [0.3, 0.4) is 0 Å². The van der Waals surface area contributed by atoms with Gasteiger partial charge in [0.1, 0.15) is 0 Å². The summed E-state index contributed by atoms with van der Waals surface area (Å²) in [5.74, 6) is -1.32. The van der Waals surface area contributed by atoms with Crippen LogP contribution in [0.15, 0.2) is 18.2 Å². The molecule has 1 aliphatic heterocycles. The van der Waals surface area contributed by atoms with Crippen LogP contribution in [0.25, 0.3) is 0 Å². The SMILES string of the molecule is COC1(C(=O)O)CCN(C(=O)c2cccc(C)c2Cl)C1. The topological polar surface area (TPSA) is 66.8 Å². The van der Waals surface area contributed by atoms with Gasteiger partial charge in [-0.15, -0.1) is 0 Å². The van der Waals surface area contributed by atoms with Gasteiger partial charge < -0.3 is 14.7 Å². The second kappa shape index (κ2) is 5.42. The largest absolute Gasteiger partial charge is 0.479 e. The van der Waals surface area contributed by atoms with E-state index < -0.39 is 11.6 Å². The molecule has 0 aromatic heterocycles. The molecule has 0 saturated carbocycles. The lowest BCUT2D eigenvalue weighted by Gasteiger charge is -2.23. The fraction of sp³-hybridized carbons (Fsp3) is 0.429. The number of amides is 1. The molecule has 6 heteroatoms. The lowest BCUT2D eigenvalue weighted by atomic mass is 10.0. The van der Waals surface area contributed by atoms with Crippen LogP contribution in [0.1, 0.15) is 22.3 Å². The van der Waals surface area contributed by atoms with Crippen molar-refractivity contribution in [1.82, 2.24) is 4.90 Å². The van der Waals surface area contributed by atoms with Crippen LogP contribution in [0.5, 0.6) is 0 Å². The van der Waals surface area contributed by atoms with Crippen molar-refractivity contribution in [1.29, 1.82) is 0 Å². The molecule has 1 fully saturated rings. The first-order valence-corrected chi connectivity index (χ1v) is 6.62. The Morgan fingerprint density at radius 1 is 1.45 bits per heavy atom. The van der Waals surface area contributed by atoms with Crippen molar-refractivity contribution < 1.29 is 19.4 Å². The Labute approximate surface area is 122 Å². The Bertz CT molecular complexity index is 560. The molecule has 0 radical (unpaired) electrons. The first-order valence-electron chi connectivity index (χ1n) is 6.24. The number of hydrogen-bond donors (Lipinski definition) is 1. The van der Waals surface area contributed by atoms with E-state index in [2.05, 4.69) is 0 Å². The molecule has 1 saturated heterocycles. The van der Waals surface area contributed by atoms with Crippen molar-refractivity contribution in [2.24, 2.45) is 0 Å². The van der Waals surface area contributed by atoms with Crippen LogP contribution in [-0.4, -0.2) is 47.7 Å². The van der Waals surface area contributed by atoms with Gasteiger partial charge in [-0.3, -0.25) is 4.79 Å². The molecule has 20 heavy (non-hydrogen) atoms. The first-order chi connectivity index (χ1) is 9.41. The minimum Gasteiger partial charge on any atom is -0.479 e. The maximum absolute atomic E-state index is 12.4. The summed E-state index contributed by atoms with van der Waals surface area (Å²) in [4.78, 5) is 25.2. The minimum absolute atomic E-state index is 0.0297. The third kappa shape index (κ3) is 2.39. The Morgan fingerprint density at radius 3 is 2.70 bits per heavy atom. The second-order valence-electron chi connectivity index (χ2n) is 4.92. The van der Waals surface area contributed by atoms with Crippen LogP contribution in [0.2, 0.25) is 5.02 Å². The normalized spacial score (nSPS) is 22.1. The Morgan fingerprint density at radius 2 is 2.15 bits per heavy atom. The van der Waals surface area contributed by atoms with Gasteiger partial charge in [0, 0.05) is 20.1 Å². The quantitative estimate of drug-likeness (QED) is 0.926. The highest BCUT2D eigenvalue weighted by atomic mass is 35.5. The molecule has 1 aromatic carbocycles. The maximum atomic E-state index is 12.4. The van der Waals surface area contributed by atoms with Crippen LogP contribution in [0.4, 0.5) is 0 Å². The molecule has 0 bridgehead atoms. The minimum atomic E-state index is -1.31. The summed E-state index contributed by atoms with van der Waals surface area (Å²) < 4.78 is 5.10. The molecule has 5 nitrogen and oxygen atoms in total. The van der Waals surface area contributed by atoms with E-state index in [-0.39, 0.29) is 18.9 Å². The number of ether oxygens (including phenoxy) is 1. The zero-order valence-electron chi connectivity index (χ0n) is 11.4. The van der Waals surface area contributed by atoms with Crippen LogP contribution < -0.4 is 0 Å². The van der Waals surface area contributed by atoms with Crippen LogP contribution in [0, 0.1) is 6.92 Å². The summed E-state index contributed by atoms with van der Waals surface area (Å²) in [5.41, 5.74) is -0.108. The molecule has 108 valence electrons. The van der Waals surface area contributed by atoms with E-state index in [1.165, 1.54) is 12.0 Å². The van der Waals surface area contributed by atoms with E-state index in [1.807, 2.05) is 13.0 Å². The highest BCUT2D eigenvalue weighted by Crippen LogP contribution is 2.29. The Kier molecular flexibility index (Phi) is 4.01. The fourth-order valence-corrected chi connectivity index (χ4v) is 2.57. The monoisotopic (exact) mass is 297 g/mol. The predicted molar refractivity (Wildman–Crippen MR) is 74.1 cm³/mol. The molecule has 1 aliphatic rings. The summed E-state index contributed by atoms with van der Waals surface area (Å²) in [6, 6.07) is 5.22. The number of rotatable bonds is 3. The number of aryl methyl sites for hydroxylation is 1. The molecule has 1 heterocycles. The number of methoxy groups -OCH3 is 1. The summed E-state index contributed by atoms with van der Waals surface area (Å²) in [6.45, 7) is 2.19. The van der Waals surface area contributed by atoms with Gasteiger partial charge in [0.15, 0.2) is 5.60 Å². The lowest BCUT2D eigenvalue weighted by Crippen LogP contribution is -2.44. The first kappa shape index (κ1) is 14.8. The summed E-state index contributed by atoms with van der Waals surface area (Å²) >= 11 is 6.14. The van der Waals surface area contributed by atoms with E-state index in [9.17, 15) is 14.7 Å². The zero-order chi connectivity index (χ0) is 14.9. The number of carbonyl (C=O) groups excluding carboxylic acids is 1. The number of likely N-dealkylation sites (tertiary alicyclic amines) is 1. The van der Waals surface area contributed by atoms with Gasteiger partial charge in [-0.1, -0.05) is 23.7 Å². The summed E-state index contributed by atoms with van der Waals surface area (Å²) in [5, 5.41) is 9.65. The van der Waals surface area contributed by atoms with E-state index >= 15 is 0 Å². The molecule has 1 aromatic rings. The third-order valence-electron chi connectivity index (χ3n) is 3.72. The molecule has 1 N–H and O–H groups in total. The second-order valence-corrected chi connectivity index (χ2v) is 5.29. The van der Waals surface area contributed by atoms with Gasteiger partial charge in [-0.25, -0.2) is 4.79 Å². The van der Waals surface area contributed by atoms with E-state index in [4.69, 9.17) is 16.3 Å². The van der Waals surface area contributed by atoms with Gasteiger partial charge in [0.2, 0.25) is 0 Å². The molecule has 2 rings (SSSR count). The van der Waals surface area contributed by atoms with Gasteiger partial charge in [0.05, 0.1) is 17.1 Å².